The third kappa shape index (κ3) is 4.72. The highest BCUT2D eigenvalue weighted by molar-refractivity contribution is 7.15. The molecule has 0 saturated heterocycles. The Morgan fingerprint density at radius 1 is 1.14 bits per heavy atom. The molecule has 0 aliphatic carbocycles. The number of nitrogens with zero attached hydrogens (tertiary/aromatic N) is 2. The smallest absolute Gasteiger partial charge is 0.325 e. The Morgan fingerprint density at radius 3 is 2.48 bits per heavy atom. The van der Waals surface area contributed by atoms with E-state index in [2.05, 4.69) is 10.3 Å². The van der Waals surface area contributed by atoms with Crippen LogP contribution in [-0.2, 0) is 16.1 Å². The fourth-order valence-corrected chi connectivity index (χ4v) is 3.46. The summed E-state index contributed by atoms with van der Waals surface area (Å²) in [5, 5.41) is 4.30. The number of hydrogen-bond acceptors (Lipinski definition) is 8. The maximum absolute atomic E-state index is 12.3. The van der Waals surface area contributed by atoms with Gasteiger partial charge in [0.05, 0.1) is 19.9 Å². The van der Waals surface area contributed by atoms with Gasteiger partial charge in [-0.05, 0) is 19.1 Å². The van der Waals surface area contributed by atoms with Gasteiger partial charge in [0.15, 0.2) is 4.96 Å². The van der Waals surface area contributed by atoms with E-state index in [1.54, 1.807) is 6.07 Å². The molecule has 2 heterocycles. The molecule has 0 aliphatic heterocycles. The fourth-order valence-electron chi connectivity index (χ4n) is 2.57. The molecule has 0 radical (unpaired) electrons. The first-order valence-electron chi connectivity index (χ1n) is 8.55. The monoisotopic (exact) mass is 417 g/mol. The van der Waals surface area contributed by atoms with Crippen molar-refractivity contribution in [3.63, 3.8) is 0 Å². The summed E-state index contributed by atoms with van der Waals surface area (Å²) < 4.78 is 16.8. The van der Waals surface area contributed by atoms with E-state index < -0.39 is 11.9 Å². The Bertz CT molecular complexity index is 1100. The Labute approximate surface area is 169 Å². The van der Waals surface area contributed by atoms with Crippen LogP contribution in [0.4, 0.5) is 0 Å². The van der Waals surface area contributed by atoms with Crippen molar-refractivity contribution in [3.05, 3.63) is 57.0 Å². The Kier molecular flexibility index (Phi) is 6.13. The van der Waals surface area contributed by atoms with Crippen LogP contribution in [0.1, 0.15) is 21.7 Å². The summed E-state index contributed by atoms with van der Waals surface area (Å²) in [6.45, 7) is 1.31. The molecule has 0 unspecified atom stereocenters. The molecule has 0 atom stereocenters. The van der Waals surface area contributed by atoms with Gasteiger partial charge in [0.2, 0.25) is 0 Å². The summed E-state index contributed by atoms with van der Waals surface area (Å²) in [5.74, 6) is -0.231. The van der Waals surface area contributed by atoms with Crippen molar-refractivity contribution in [1.29, 1.82) is 0 Å². The standard InChI is InChI=1S/C19H19N3O6S/c1-11-10-29-19-21-13(6-16(23)22(11)19)9-28-17(24)8-20-18(25)12-4-14(26-2)7-15(5-12)27-3/h4-7,10H,8-9H2,1-3H3,(H,20,25). The molecular weight excluding hydrogens is 398 g/mol. The molecule has 3 rings (SSSR count). The summed E-state index contributed by atoms with van der Waals surface area (Å²) in [6, 6.07) is 6.01. The second kappa shape index (κ2) is 8.74. The number of esters is 1. The van der Waals surface area contributed by atoms with Gasteiger partial charge < -0.3 is 19.5 Å². The van der Waals surface area contributed by atoms with E-state index in [0.717, 1.165) is 5.69 Å². The van der Waals surface area contributed by atoms with Gasteiger partial charge in [0.25, 0.3) is 11.5 Å². The third-order valence-electron chi connectivity index (χ3n) is 4.02. The molecule has 3 aromatic rings. The van der Waals surface area contributed by atoms with Crippen molar-refractivity contribution < 1.29 is 23.8 Å². The van der Waals surface area contributed by atoms with Crippen LogP contribution in [0.15, 0.2) is 34.4 Å². The fraction of sp³-hybridized carbons (Fsp3) is 0.263. The minimum atomic E-state index is -0.655. The lowest BCUT2D eigenvalue weighted by molar-refractivity contribution is -0.143. The quantitative estimate of drug-likeness (QED) is 0.581. The van der Waals surface area contributed by atoms with Crippen molar-refractivity contribution in [1.82, 2.24) is 14.7 Å². The highest BCUT2D eigenvalue weighted by Crippen LogP contribution is 2.22. The minimum Gasteiger partial charge on any atom is -0.497 e. The Morgan fingerprint density at radius 2 is 1.83 bits per heavy atom. The van der Waals surface area contributed by atoms with E-state index in [1.165, 1.54) is 48.2 Å². The van der Waals surface area contributed by atoms with Crippen LogP contribution < -0.4 is 20.3 Å². The van der Waals surface area contributed by atoms with E-state index in [-0.39, 0.29) is 24.3 Å². The number of fused-ring (bicyclic) bond motifs is 1. The summed E-state index contributed by atoms with van der Waals surface area (Å²) in [5.41, 5.74) is 1.18. The first kappa shape index (κ1) is 20.3. The topological polar surface area (TPSA) is 108 Å². The normalized spacial score (nSPS) is 10.6. The summed E-state index contributed by atoms with van der Waals surface area (Å²) in [7, 11) is 2.95. The van der Waals surface area contributed by atoms with E-state index in [9.17, 15) is 14.4 Å². The number of nitrogens with one attached hydrogen (secondary N) is 1. The van der Waals surface area contributed by atoms with Gasteiger partial charge in [-0.15, -0.1) is 11.3 Å². The maximum Gasteiger partial charge on any atom is 0.325 e. The van der Waals surface area contributed by atoms with Crippen LogP contribution >= 0.6 is 11.3 Å². The summed E-state index contributed by atoms with van der Waals surface area (Å²) in [4.78, 5) is 41.2. The van der Waals surface area contributed by atoms with Crippen LogP contribution in [0.2, 0.25) is 0 Å². The van der Waals surface area contributed by atoms with Gasteiger partial charge in [0.1, 0.15) is 24.7 Å². The average Bonchev–Trinajstić information content (AvgIpc) is 3.11. The van der Waals surface area contributed by atoms with Crippen LogP contribution in [0.3, 0.4) is 0 Å². The second-order valence-corrected chi connectivity index (χ2v) is 6.86. The zero-order valence-corrected chi connectivity index (χ0v) is 16.9. The number of benzene rings is 1. The molecule has 1 N–H and O–H groups in total. The van der Waals surface area contributed by atoms with Crippen LogP contribution in [0, 0.1) is 6.92 Å². The van der Waals surface area contributed by atoms with Crippen molar-refractivity contribution >= 4 is 28.2 Å². The molecule has 0 saturated carbocycles. The predicted molar refractivity (Wildman–Crippen MR) is 106 cm³/mol. The number of hydrogen-bond donors (Lipinski definition) is 1. The molecule has 152 valence electrons. The molecule has 0 bridgehead atoms. The Balaban J connectivity index is 1.58. The van der Waals surface area contributed by atoms with Gasteiger partial charge in [0, 0.05) is 28.8 Å². The lowest BCUT2D eigenvalue weighted by atomic mass is 10.2. The molecule has 29 heavy (non-hydrogen) atoms. The van der Waals surface area contributed by atoms with Crippen LogP contribution in [0.25, 0.3) is 4.96 Å². The molecule has 10 heteroatoms. The van der Waals surface area contributed by atoms with E-state index >= 15 is 0 Å². The van der Waals surface area contributed by atoms with Gasteiger partial charge in [-0.2, -0.15) is 0 Å². The molecular formula is C19H19N3O6S. The second-order valence-electron chi connectivity index (χ2n) is 6.03. The van der Waals surface area contributed by atoms with Crippen LogP contribution in [-0.4, -0.2) is 42.0 Å². The van der Waals surface area contributed by atoms with Crippen molar-refractivity contribution in [2.45, 2.75) is 13.5 Å². The van der Waals surface area contributed by atoms with Crippen molar-refractivity contribution in [2.24, 2.45) is 0 Å². The number of aromatic nitrogens is 2. The first-order valence-corrected chi connectivity index (χ1v) is 9.43. The summed E-state index contributed by atoms with van der Waals surface area (Å²) in [6.07, 6.45) is 0. The first-order chi connectivity index (χ1) is 13.9. The van der Waals surface area contributed by atoms with Crippen molar-refractivity contribution in [2.75, 3.05) is 20.8 Å². The molecule has 9 nitrogen and oxygen atoms in total. The van der Waals surface area contributed by atoms with Gasteiger partial charge >= 0.3 is 5.97 Å². The SMILES string of the molecule is COc1cc(OC)cc(C(=O)NCC(=O)OCc2cc(=O)n3c(C)csc3n2)c1. The van der Waals surface area contributed by atoms with Gasteiger partial charge in [-0.3, -0.25) is 18.8 Å². The van der Waals surface area contributed by atoms with Crippen LogP contribution in [0.5, 0.6) is 11.5 Å². The molecule has 1 amide bonds. The molecule has 1 aromatic carbocycles. The molecule has 0 spiro atoms. The number of carbonyl (C=O) groups excluding carboxylic acids is 2. The van der Waals surface area contributed by atoms with E-state index in [1.807, 2.05) is 12.3 Å². The average molecular weight is 417 g/mol. The largest absolute Gasteiger partial charge is 0.497 e. The molecule has 0 fully saturated rings. The zero-order valence-electron chi connectivity index (χ0n) is 16.1. The van der Waals surface area contributed by atoms with E-state index in [0.29, 0.717) is 22.2 Å². The third-order valence-corrected chi connectivity index (χ3v) is 4.96. The predicted octanol–water partition coefficient (Wildman–Crippen LogP) is 1.55. The number of ether oxygens (including phenoxy) is 3. The van der Waals surface area contributed by atoms with Gasteiger partial charge in [-0.1, -0.05) is 0 Å². The number of aryl methyl sites for hydroxylation is 1. The highest BCUT2D eigenvalue weighted by atomic mass is 32.1. The minimum absolute atomic E-state index is 0.162. The van der Waals surface area contributed by atoms with Crippen molar-refractivity contribution in [3.8, 4) is 11.5 Å². The maximum atomic E-state index is 12.3. The highest BCUT2D eigenvalue weighted by Gasteiger charge is 2.13. The lowest BCUT2D eigenvalue weighted by Gasteiger charge is -2.09. The number of methoxy groups -OCH3 is 2. The zero-order chi connectivity index (χ0) is 21.0. The number of amides is 1. The van der Waals surface area contributed by atoms with Gasteiger partial charge in [-0.25, -0.2) is 4.98 Å². The number of thiazole rings is 1. The number of rotatable bonds is 7. The number of carbonyl (C=O) groups is 2. The van der Waals surface area contributed by atoms with E-state index in [4.69, 9.17) is 14.2 Å². The Hall–Kier alpha value is -3.40. The lowest BCUT2D eigenvalue weighted by Crippen LogP contribution is -2.30. The molecule has 2 aromatic heterocycles. The summed E-state index contributed by atoms with van der Waals surface area (Å²) >= 11 is 1.33. The molecule has 0 aliphatic rings.